The second kappa shape index (κ2) is 9.13. The van der Waals surface area contributed by atoms with Crippen molar-refractivity contribution >= 4 is 30.5 Å². The first-order valence-electron chi connectivity index (χ1n) is 8.30. The number of nitrogen functional groups attached to an aromatic ring is 2. The molecule has 0 amide bonds. The summed E-state index contributed by atoms with van der Waals surface area (Å²) in [4.78, 5) is 17.6. The SMILES string of the molecule is CCOP(=O)(CCC(CO)COn1cnc2c(N)nc(N)nc21)OCC. The molecule has 0 bridgehead atoms. The molecule has 0 saturated carbocycles. The largest absolute Gasteiger partial charge is 0.410 e. The second-order valence-corrected chi connectivity index (χ2v) is 7.70. The van der Waals surface area contributed by atoms with Crippen LogP contribution in [0.3, 0.4) is 0 Å². The molecule has 0 spiro atoms. The molecule has 2 aromatic rings. The first-order chi connectivity index (χ1) is 12.4. The fourth-order valence-corrected chi connectivity index (χ4v) is 4.13. The van der Waals surface area contributed by atoms with Gasteiger partial charge in [-0.05, 0) is 20.3 Å². The smallest absolute Gasteiger partial charge is 0.330 e. The normalized spacial score (nSPS) is 13.2. The molecule has 0 aliphatic carbocycles. The van der Waals surface area contributed by atoms with Crippen molar-refractivity contribution in [1.82, 2.24) is 19.7 Å². The van der Waals surface area contributed by atoms with Crippen LogP contribution in [0.5, 0.6) is 0 Å². The standard InChI is InChI=1S/C14H25N6O5P/c1-3-24-26(22,25-4-2)6-5-10(7-21)8-23-20-9-17-11-12(15)18-14(16)19-13(11)20/h9-10,21H,3-8H2,1-2H3,(H4,15,16,18,19). The second-order valence-electron chi connectivity index (χ2n) is 5.51. The summed E-state index contributed by atoms with van der Waals surface area (Å²) in [6.07, 6.45) is 1.99. The lowest BCUT2D eigenvalue weighted by atomic mass is 10.1. The number of hydrogen-bond donors (Lipinski definition) is 3. The fourth-order valence-electron chi connectivity index (χ4n) is 2.33. The van der Waals surface area contributed by atoms with Gasteiger partial charge in [-0.2, -0.15) is 14.7 Å². The Morgan fingerprint density at radius 2 is 1.96 bits per heavy atom. The van der Waals surface area contributed by atoms with Gasteiger partial charge in [-0.1, -0.05) is 0 Å². The Labute approximate surface area is 151 Å². The zero-order valence-corrected chi connectivity index (χ0v) is 15.8. The van der Waals surface area contributed by atoms with Crippen molar-refractivity contribution in [3.05, 3.63) is 6.33 Å². The van der Waals surface area contributed by atoms with Gasteiger partial charge in [-0.3, -0.25) is 4.57 Å². The van der Waals surface area contributed by atoms with E-state index in [2.05, 4.69) is 15.0 Å². The van der Waals surface area contributed by atoms with Crippen LogP contribution in [0, 0.1) is 5.92 Å². The minimum absolute atomic E-state index is 0.00780. The summed E-state index contributed by atoms with van der Waals surface area (Å²) in [5.41, 5.74) is 12.0. The summed E-state index contributed by atoms with van der Waals surface area (Å²) in [5.74, 6) is -0.116. The van der Waals surface area contributed by atoms with Gasteiger partial charge in [0, 0.05) is 12.5 Å². The molecule has 11 nitrogen and oxygen atoms in total. The van der Waals surface area contributed by atoms with Crippen LogP contribution in [0.1, 0.15) is 20.3 Å². The maximum absolute atomic E-state index is 12.5. The zero-order valence-electron chi connectivity index (χ0n) is 14.9. The van der Waals surface area contributed by atoms with Crippen molar-refractivity contribution < 1.29 is 23.6 Å². The van der Waals surface area contributed by atoms with E-state index in [9.17, 15) is 9.67 Å². The summed E-state index contributed by atoms with van der Waals surface area (Å²) in [5, 5.41) is 9.57. The molecule has 0 radical (unpaired) electrons. The van der Waals surface area contributed by atoms with Gasteiger partial charge >= 0.3 is 7.60 Å². The van der Waals surface area contributed by atoms with Crippen LogP contribution in [0.15, 0.2) is 6.33 Å². The lowest BCUT2D eigenvalue weighted by Gasteiger charge is -2.20. The average molecular weight is 388 g/mol. The maximum atomic E-state index is 12.5. The predicted octanol–water partition coefficient (Wildman–Crippen LogP) is 0.684. The third-order valence-electron chi connectivity index (χ3n) is 3.58. The molecule has 0 aliphatic rings. The van der Waals surface area contributed by atoms with Gasteiger partial charge in [-0.25, -0.2) is 4.98 Å². The van der Waals surface area contributed by atoms with E-state index < -0.39 is 7.60 Å². The molecule has 1 atom stereocenters. The summed E-state index contributed by atoms with van der Waals surface area (Å²) in [7, 11) is -3.16. The molecule has 2 heterocycles. The van der Waals surface area contributed by atoms with Crippen LogP contribution >= 0.6 is 7.60 Å². The molecule has 0 aliphatic heterocycles. The molecule has 2 aromatic heterocycles. The van der Waals surface area contributed by atoms with Crippen LogP contribution in [0.4, 0.5) is 11.8 Å². The summed E-state index contributed by atoms with van der Waals surface area (Å²) < 4.78 is 24.3. The van der Waals surface area contributed by atoms with E-state index in [0.29, 0.717) is 30.8 Å². The van der Waals surface area contributed by atoms with E-state index in [1.807, 2.05) is 0 Å². The molecular formula is C14H25N6O5P. The van der Waals surface area contributed by atoms with Crippen molar-refractivity contribution in [3.63, 3.8) is 0 Å². The third kappa shape index (κ3) is 5.04. The number of nitrogens with zero attached hydrogens (tertiary/aromatic N) is 4. The minimum atomic E-state index is -3.16. The van der Waals surface area contributed by atoms with Gasteiger partial charge in [0.25, 0.3) is 0 Å². The van der Waals surface area contributed by atoms with Crippen LogP contribution < -0.4 is 16.3 Å². The minimum Gasteiger partial charge on any atom is -0.410 e. The number of imidazole rings is 1. The Balaban J connectivity index is 2.00. The third-order valence-corrected chi connectivity index (χ3v) is 5.69. The van der Waals surface area contributed by atoms with Crippen molar-refractivity contribution in [3.8, 4) is 0 Å². The molecule has 5 N–H and O–H groups in total. The summed E-state index contributed by atoms with van der Waals surface area (Å²) in [6, 6.07) is 0. The van der Waals surface area contributed by atoms with Crippen molar-refractivity contribution in [2.24, 2.45) is 5.92 Å². The number of aromatic nitrogens is 4. The van der Waals surface area contributed by atoms with Crippen LogP contribution in [0.25, 0.3) is 11.2 Å². The zero-order chi connectivity index (χ0) is 19.2. The molecule has 146 valence electrons. The first kappa shape index (κ1) is 20.4. The Bertz CT molecular complexity index is 760. The first-order valence-corrected chi connectivity index (χ1v) is 10.0. The fraction of sp³-hybridized carbons (Fsp3) is 0.643. The number of rotatable bonds is 11. The van der Waals surface area contributed by atoms with E-state index in [1.54, 1.807) is 13.8 Å². The molecule has 2 rings (SSSR count). The van der Waals surface area contributed by atoms with Gasteiger partial charge in [0.2, 0.25) is 11.6 Å². The van der Waals surface area contributed by atoms with E-state index >= 15 is 0 Å². The molecule has 12 heteroatoms. The highest BCUT2D eigenvalue weighted by molar-refractivity contribution is 7.53. The summed E-state index contributed by atoms with van der Waals surface area (Å²) >= 11 is 0. The topological polar surface area (TPSA) is 161 Å². The molecule has 0 aromatic carbocycles. The Kier molecular flexibility index (Phi) is 7.15. The summed E-state index contributed by atoms with van der Waals surface area (Å²) in [6.45, 7) is 4.08. The van der Waals surface area contributed by atoms with Gasteiger partial charge in [0.1, 0.15) is 12.9 Å². The Morgan fingerprint density at radius 1 is 1.27 bits per heavy atom. The quantitative estimate of drug-likeness (QED) is 0.467. The van der Waals surface area contributed by atoms with Gasteiger partial charge in [0.15, 0.2) is 11.3 Å². The van der Waals surface area contributed by atoms with Crippen molar-refractivity contribution in [2.75, 3.05) is 44.1 Å². The van der Waals surface area contributed by atoms with Crippen LogP contribution in [-0.2, 0) is 13.6 Å². The molecule has 0 fully saturated rings. The molecule has 1 unspecified atom stereocenters. The average Bonchev–Trinajstić information content (AvgIpc) is 2.99. The Hall–Kier alpha value is -1.94. The number of aliphatic hydroxyl groups excluding tert-OH is 1. The molecular weight excluding hydrogens is 363 g/mol. The molecule has 26 heavy (non-hydrogen) atoms. The highest BCUT2D eigenvalue weighted by Crippen LogP contribution is 2.49. The highest BCUT2D eigenvalue weighted by Gasteiger charge is 2.25. The molecule has 0 saturated heterocycles. The maximum Gasteiger partial charge on any atom is 0.330 e. The number of nitrogens with two attached hydrogens (primary N) is 2. The van der Waals surface area contributed by atoms with Crippen molar-refractivity contribution in [1.29, 1.82) is 0 Å². The Morgan fingerprint density at radius 3 is 2.58 bits per heavy atom. The van der Waals surface area contributed by atoms with E-state index in [0.717, 1.165) is 0 Å². The monoisotopic (exact) mass is 388 g/mol. The number of hydrogen-bond acceptors (Lipinski definition) is 10. The van der Waals surface area contributed by atoms with Gasteiger partial charge < -0.3 is 30.5 Å². The van der Waals surface area contributed by atoms with Gasteiger partial charge in [0.05, 0.1) is 19.4 Å². The van der Waals surface area contributed by atoms with Crippen LogP contribution in [0.2, 0.25) is 0 Å². The van der Waals surface area contributed by atoms with E-state index in [-0.39, 0.29) is 37.1 Å². The predicted molar refractivity (Wildman–Crippen MR) is 96.5 cm³/mol. The number of anilines is 2. The van der Waals surface area contributed by atoms with E-state index in [4.69, 9.17) is 25.4 Å². The number of fused-ring (bicyclic) bond motifs is 1. The van der Waals surface area contributed by atoms with E-state index in [1.165, 1.54) is 11.1 Å². The van der Waals surface area contributed by atoms with Crippen LogP contribution in [-0.4, -0.2) is 57.4 Å². The highest BCUT2D eigenvalue weighted by atomic mass is 31.2. The van der Waals surface area contributed by atoms with Gasteiger partial charge in [-0.15, -0.1) is 0 Å². The number of aliphatic hydroxyl groups is 1. The van der Waals surface area contributed by atoms with Crippen molar-refractivity contribution in [2.45, 2.75) is 20.3 Å². The lowest BCUT2D eigenvalue weighted by Crippen LogP contribution is -2.23. The lowest BCUT2D eigenvalue weighted by molar-refractivity contribution is 0.0617.